The van der Waals surface area contributed by atoms with E-state index in [-0.39, 0.29) is 18.1 Å². The number of hydrogen-bond donors (Lipinski definition) is 2. The molecule has 0 atom stereocenters. The number of rotatable bonds is 5. The Morgan fingerprint density at radius 1 is 1.21 bits per heavy atom. The van der Waals surface area contributed by atoms with Crippen LogP contribution in [0, 0.1) is 13.8 Å². The smallest absolute Gasteiger partial charge is 0.226 e. The van der Waals surface area contributed by atoms with E-state index in [1.54, 1.807) is 12.1 Å². The van der Waals surface area contributed by atoms with Crippen molar-refractivity contribution in [2.24, 2.45) is 0 Å². The maximum absolute atomic E-state index is 12.1. The van der Waals surface area contributed by atoms with E-state index in [1.807, 2.05) is 32.0 Å². The minimum Gasteiger partial charge on any atom is -0.508 e. The molecule has 0 aliphatic rings. The number of phenols is 1. The highest BCUT2D eigenvalue weighted by molar-refractivity contribution is 5.88. The number of aromatic nitrogens is 1. The molecule has 1 aromatic heterocycles. The Labute approximate surface area is 140 Å². The fourth-order valence-corrected chi connectivity index (χ4v) is 2.86. The Morgan fingerprint density at radius 2 is 1.96 bits per heavy atom. The van der Waals surface area contributed by atoms with Crippen molar-refractivity contribution in [2.75, 3.05) is 6.54 Å². The standard InChI is InChI=1S/C19H20N2O3/c1-12-9-13(2)19-16(21-24-17(19)10-12)11-18(23)20-8-7-14-3-5-15(22)6-4-14/h3-6,9-10,22H,7-8,11H2,1-2H3,(H,20,23). The third-order valence-electron chi connectivity index (χ3n) is 3.99. The molecular formula is C19H20N2O3. The van der Waals surface area contributed by atoms with Crippen molar-refractivity contribution >= 4 is 16.9 Å². The van der Waals surface area contributed by atoms with Crippen molar-refractivity contribution in [3.05, 3.63) is 58.8 Å². The second kappa shape index (κ2) is 6.74. The first-order valence-electron chi connectivity index (χ1n) is 7.93. The van der Waals surface area contributed by atoms with Crippen LogP contribution in [-0.4, -0.2) is 22.7 Å². The van der Waals surface area contributed by atoms with E-state index in [0.717, 1.165) is 27.7 Å². The molecule has 0 fully saturated rings. The second-order valence-electron chi connectivity index (χ2n) is 6.03. The maximum atomic E-state index is 12.1. The molecule has 5 heteroatoms. The number of carbonyl (C=O) groups excluding carboxylic acids is 1. The predicted octanol–water partition coefficient (Wildman–Crippen LogP) is 3.05. The molecule has 0 spiro atoms. The molecule has 1 heterocycles. The maximum Gasteiger partial charge on any atom is 0.226 e. The summed E-state index contributed by atoms with van der Waals surface area (Å²) in [6, 6.07) is 11.0. The number of carbonyl (C=O) groups is 1. The summed E-state index contributed by atoms with van der Waals surface area (Å²) in [5.41, 5.74) is 4.63. The highest BCUT2D eigenvalue weighted by Gasteiger charge is 2.14. The van der Waals surface area contributed by atoms with Crippen molar-refractivity contribution in [3.8, 4) is 5.75 Å². The first-order chi connectivity index (χ1) is 11.5. The minimum atomic E-state index is -0.0797. The van der Waals surface area contributed by atoms with Gasteiger partial charge in [0.25, 0.3) is 0 Å². The SMILES string of the molecule is Cc1cc(C)c2c(CC(=O)NCCc3ccc(O)cc3)noc2c1. The Bertz CT molecular complexity index is 866. The Hall–Kier alpha value is -2.82. The summed E-state index contributed by atoms with van der Waals surface area (Å²) < 4.78 is 5.34. The molecule has 5 nitrogen and oxygen atoms in total. The zero-order valence-corrected chi connectivity index (χ0v) is 13.8. The van der Waals surface area contributed by atoms with E-state index < -0.39 is 0 Å². The number of hydrogen-bond acceptors (Lipinski definition) is 4. The fourth-order valence-electron chi connectivity index (χ4n) is 2.86. The molecule has 0 aliphatic carbocycles. The van der Waals surface area contributed by atoms with Gasteiger partial charge in [-0.25, -0.2) is 0 Å². The van der Waals surface area contributed by atoms with Crippen LogP contribution in [0.1, 0.15) is 22.4 Å². The van der Waals surface area contributed by atoms with Gasteiger partial charge in [-0.3, -0.25) is 4.79 Å². The first-order valence-corrected chi connectivity index (χ1v) is 7.93. The van der Waals surface area contributed by atoms with Crippen molar-refractivity contribution in [1.82, 2.24) is 10.5 Å². The van der Waals surface area contributed by atoms with Crippen molar-refractivity contribution in [3.63, 3.8) is 0 Å². The van der Waals surface area contributed by atoms with E-state index >= 15 is 0 Å². The zero-order valence-electron chi connectivity index (χ0n) is 13.8. The summed E-state index contributed by atoms with van der Waals surface area (Å²) in [7, 11) is 0. The van der Waals surface area contributed by atoms with Crippen LogP contribution in [0.2, 0.25) is 0 Å². The average Bonchev–Trinajstić information content (AvgIpc) is 2.92. The summed E-state index contributed by atoms with van der Waals surface area (Å²) >= 11 is 0. The summed E-state index contributed by atoms with van der Waals surface area (Å²) in [5.74, 6) is 0.162. The number of nitrogens with one attached hydrogen (secondary N) is 1. The molecule has 0 saturated carbocycles. The third-order valence-corrected chi connectivity index (χ3v) is 3.99. The number of phenolic OH excluding ortho intramolecular Hbond substituents is 1. The van der Waals surface area contributed by atoms with Gasteiger partial charge >= 0.3 is 0 Å². The van der Waals surface area contributed by atoms with E-state index in [9.17, 15) is 9.90 Å². The molecule has 24 heavy (non-hydrogen) atoms. The van der Waals surface area contributed by atoms with Gasteiger partial charge in [0, 0.05) is 11.9 Å². The van der Waals surface area contributed by atoms with Crippen molar-refractivity contribution in [2.45, 2.75) is 26.7 Å². The Morgan fingerprint density at radius 3 is 2.71 bits per heavy atom. The Balaban J connectivity index is 1.60. The average molecular weight is 324 g/mol. The van der Waals surface area contributed by atoms with Gasteiger partial charge in [0.05, 0.1) is 6.42 Å². The van der Waals surface area contributed by atoms with Crippen LogP contribution < -0.4 is 5.32 Å². The van der Waals surface area contributed by atoms with Crippen LogP contribution in [-0.2, 0) is 17.6 Å². The molecule has 2 N–H and O–H groups in total. The molecule has 3 aromatic rings. The van der Waals surface area contributed by atoms with Gasteiger partial charge in [-0.15, -0.1) is 0 Å². The molecule has 124 valence electrons. The lowest BCUT2D eigenvalue weighted by molar-refractivity contribution is -0.120. The Kier molecular flexibility index (Phi) is 4.51. The molecule has 0 radical (unpaired) electrons. The summed E-state index contributed by atoms with van der Waals surface area (Å²) in [6.07, 6.45) is 0.913. The second-order valence-corrected chi connectivity index (χ2v) is 6.03. The number of aromatic hydroxyl groups is 1. The van der Waals surface area contributed by atoms with Crippen LogP contribution >= 0.6 is 0 Å². The van der Waals surface area contributed by atoms with Gasteiger partial charge < -0.3 is 14.9 Å². The normalized spacial score (nSPS) is 10.9. The predicted molar refractivity (Wildman–Crippen MR) is 92.0 cm³/mol. The summed E-state index contributed by atoms with van der Waals surface area (Å²) in [4.78, 5) is 12.1. The lowest BCUT2D eigenvalue weighted by atomic mass is 10.0. The van der Waals surface area contributed by atoms with Crippen molar-refractivity contribution < 1.29 is 14.4 Å². The van der Waals surface area contributed by atoms with Gasteiger partial charge in [-0.1, -0.05) is 23.4 Å². The van der Waals surface area contributed by atoms with Gasteiger partial charge in [-0.2, -0.15) is 0 Å². The van der Waals surface area contributed by atoms with Gasteiger partial charge in [-0.05, 0) is 55.2 Å². The monoisotopic (exact) mass is 324 g/mol. The van der Waals surface area contributed by atoms with Crippen LogP contribution in [0.5, 0.6) is 5.75 Å². The molecule has 0 saturated heterocycles. The lowest BCUT2D eigenvalue weighted by Crippen LogP contribution is -2.27. The highest BCUT2D eigenvalue weighted by Crippen LogP contribution is 2.24. The number of amides is 1. The van der Waals surface area contributed by atoms with Crippen LogP contribution in [0.3, 0.4) is 0 Å². The van der Waals surface area contributed by atoms with E-state index in [1.165, 1.54) is 0 Å². The third kappa shape index (κ3) is 3.56. The zero-order chi connectivity index (χ0) is 17.1. The van der Waals surface area contributed by atoms with Crippen LogP contribution in [0.25, 0.3) is 11.0 Å². The fraction of sp³-hybridized carbons (Fsp3) is 0.263. The molecular weight excluding hydrogens is 304 g/mol. The van der Waals surface area contributed by atoms with Gasteiger partial charge in [0.2, 0.25) is 5.91 Å². The quantitative estimate of drug-likeness (QED) is 0.756. The largest absolute Gasteiger partial charge is 0.508 e. The lowest BCUT2D eigenvalue weighted by Gasteiger charge is -2.05. The number of benzene rings is 2. The molecule has 1 amide bonds. The molecule has 0 aliphatic heterocycles. The molecule has 3 rings (SSSR count). The topological polar surface area (TPSA) is 75.4 Å². The van der Waals surface area contributed by atoms with E-state index in [0.29, 0.717) is 18.7 Å². The van der Waals surface area contributed by atoms with Gasteiger partial charge in [0.1, 0.15) is 11.4 Å². The molecule has 2 aromatic carbocycles. The van der Waals surface area contributed by atoms with E-state index in [4.69, 9.17) is 4.52 Å². The number of fused-ring (bicyclic) bond motifs is 1. The highest BCUT2D eigenvalue weighted by atomic mass is 16.5. The first kappa shape index (κ1) is 16.1. The van der Waals surface area contributed by atoms with Gasteiger partial charge in [0.15, 0.2) is 5.58 Å². The molecule has 0 bridgehead atoms. The summed E-state index contributed by atoms with van der Waals surface area (Å²) in [6.45, 7) is 4.54. The minimum absolute atomic E-state index is 0.0797. The summed E-state index contributed by atoms with van der Waals surface area (Å²) in [5, 5.41) is 17.1. The molecule has 0 unspecified atom stereocenters. The number of nitrogens with zero attached hydrogens (tertiary/aromatic N) is 1. The number of aryl methyl sites for hydroxylation is 2. The van der Waals surface area contributed by atoms with Crippen LogP contribution in [0.4, 0.5) is 0 Å². The van der Waals surface area contributed by atoms with Crippen LogP contribution in [0.15, 0.2) is 40.9 Å². The van der Waals surface area contributed by atoms with E-state index in [2.05, 4.69) is 16.5 Å². The van der Waals surface area contributed by atoms with Crippen molar-refractivity contribution in [1.29, 1.82) is 0 Å².